The molecule has 0 aliphatic rings. The molecule has 1 amide bonds. The van der Waals surface area contributed by atoms with Crippen molar-refractivity contribution in [3.8, 4) is 0 Å². The highest BCUT2D eigenvalue weighted by Crippen LogP contribution is 2.18. The van der Waals surface area contributed by atoms with E-state index in [4.69, 9.17) is 4.74 Å². The van der Waals surface area contributed by atoms with Gasteiger partial charge in [0, 0.05) is 12.8 Å². The Kier molecular flexibility index (Phi) is 58.0. The van der Waals surface area contributed by atoms with Crippen molar-refractivity contribution in [2.24, 2.45) is 0 Å². The van der Waals surface area contributed by atoms with Crippen LogP contribution in [0.4, 0.5) is 0 Å². The van der Waals surface area contributed by atoms with E-state index in [0.717, 1.165) is 38.5 Å². The predicted molar refractivity (Wildman–Crippen MR) is 301 cm³/mol. The molecule has 0 heterocycles. The number of unbranched alkanes of at least 4 members (excludes halogenated alkanes) is 48. The van der Waals surface area contributed by atoms with Crippen LogP contribution in [0.3, 0.4) is 0 Å². The average Bonchev–Trinajstić information content (AvgIpc) is 3.35. The van der Waals surface area contributed by atoms with Gasteiger partial charge in [-0.3, -0.25) is 9.59 Å². The molecule has 3 N–H and O–H groups in total. The first-order valence-corrected chi connectivity index (χ1v) is 31.5. The van der Waals surface area contributed by atoms with Crippen molar-refractivity contribution in [1.29, 1.82) is 0 Å². The van der Waals surface area contributed by atoms with E-state index in [1.54, 1.807) is 6.08 Å². The summed E-state index contributed by atoms with van der Waals surface area (Å²) < 4.78 is 5.50. The molecule has 0 aliphatic carbocycles. The summed E-state index contributed by atoms with van der Waals surface area (Å²) in [6.45, 7) is 4.93. The second-order valence-corrected chi connectivity index (χ2v) is 21.8. The molecule has 0 saturated heterocycles. The summed E-state index contributed by atoms with van der Waals surface area (Å²) in [7, 11) is 0. The number of nitrogens with one attached hydrogen (secondary N) is 1. The number of carbonyl (C=O) groups excluding carboxylic acids is 2. The fourth-order valence-electron chi connectivity index (χ4n) is 9.99. The van der Waals surface area contributed by atoms with Crippen molar-refractivity contribution in [2.45, 2.75) is 366 Å². The molecule has 6 nitrogen and oxygen atoms in total. The van der Waals surface area contributed by atoms with Gasteiger partial charge in [0.2, 0.25) is 5.91 Å². The molecule has 0 aromatic carbocycles. The fraction of sp³-hybridized carbons (Fsp3) is 0.937. The molecule has 410 valence electrons. The number of hydrogen-bond acceptors (Lipinski definition) is 5. The zero-order valence-corrected chi connectivity index (χ0v) is 46.8. The number of rotatable bonds is 59. The molecule has 0 rings (SSSR count). The molecule has 2 unspecified atom stereocenters. The minimum absolute atomic E-state index is 0.0160. The van der Waals surface area contributed by atoms with Crippen LogP contribution < -0.4 is 5.32 Å². The highest BCUT2D eigenvalue weighted by molar-refractivity contribution is 5.76. The number of ether oxygens (including phenoxy) is 1. The summed E-state index contributed by atoms with van der Waals surface area (Å²) in [5, 5.41) is 23.1. The highest BCUT2D eigenvalue weighted by Gasteiger charge is 2.18. The summed E-state index contributed by atoms with van der Waals surface area (Å²) >= 11 is 0. The summed E-state index contributed by atoms with van der Waals surface area (Å²) in [4.78, 5) is 24.5. The quantitative estimate of drug-likeness (QED) is 0.0321. The Morgan fingerprint density at radius 2 is 0.667 bits per heavy atom. The van der Waals surface area contributed by atoms with Crippen molar-refractivity contribution >= 4 is 11.9 Å². The van der Waals surface area contributed by atoms with Crippen LogP contribution in [0, 0.1) is 0 Å². The molecule has 69 heavy (non-hydrogen) atoms. The van der Waals surface area contributed by atoms with E-state index in [-0.39, 0.29) is 18.5 Å². The monoisotopic (exact) mass is 974 g/mol. The lowest BCUT2D eigenvalue weighted by molar-refractivity contribution is -0.143. The summed E-state index contributed by atoms with van der Waals surface area (Å²) in [6, 6.07) is -0.627. The van der Waals surface area contributed by atoms with Crippen LogP contribution >= 0.6 is 0 Å². The van der Waals surface area contributed by atoms with Crippen molar-refractivity contribution in [1.82, 2.24) is 5.32 Å². The largest absolute Gasteiger partial charge is 0.466 e. The van der Waals surface area contributed by atoms with E-state index in [2.05, 4.69) is 19.2 Å². The Hall–Kier alpha value is -1.40. The van der Waals surface area contributed by atoms with Gasteiger partial charge in [-0.1, -0.05) is 321 Å². The van der Waals surface area contributed by atoms with E-state index < -0.39 is 12.1 Å². The number of amides is 1. The van der Waals surface area contributed by atoms with Crippen molar-refractivity contribution in [2.75, 3.05) is 13.2 Å². The predicted octanol–water partition coefficient (Wildman–Crippen LogP) is 19.6. The van der Waals surface area contributed by atoms with Gasteiger partial charge in [0.1, 0.15) is 0 Å². The maximum Gasteiger partial charge on any atom is 0.305 e. The average molecular weight is 975 g/mol. The second-order valence-electron chi connectivity index (χ2n) is 21.8. The van der Waals surface area contributed by atoms with Crippen molar-refractivity contribution < 1.29 is 24.5 Å². The molecule has 0 saturated carbocycles. The Morgan fingerprint density at radius 1 is 0.391 bits per heavy atom. The van der Waals surface area contributed by atoms with E-state index in [0.29, 0.717) is 19.4 Å². The summed E-state index contributed by atoms with van der Waals surface area (Å²) in [5.74, 6) is -0.0510. The first-order chi connectivity index (χ1) is 34.0. The number of esters is 1. The molecule has 0 aliphatic heterocycles. The van der Waals surface area contributed by atoms with E-state index in [9.17, 15) is 19.8 Å². The Morgan fingerprint density at radius 3 is 0.986 bits per heavy atom. The third-order valence-corrected chi connectivity index (χ3v) is 14.8. The van der Waals surface area contributed by atoms with Gasteiger partial charge in [-0.25, -0.2) is 0 Å². The van der Waals surface area contributed by atoms with Gasteiger partial charge in [0.25, 0.3) is 0 Å². The molecular weight excluding hydrogens is 851 g/mol. The Balaban J connectivity index is 3.37. The minimum atomic E-state index is -0.844. The van der Waals surface area contributed by atoms with Gasteiger partial charge in [-0.2, -0.15) is 0 Å². The van der Waals surface area contributed by atoms with Gasteiger partial charge in [-0.05, 0) is 32.1 Å². The van der Waals surface area contributed by atoms with Gasteiger partial charge in [0.15, 0.2) is 0 Å². The fourth-order valence-corrected chi connectivity index (χ4v) is 9.99. The number of hydrogen-bond donors (Lipinski definition) is 3. The lowest BCUT2D eigenvalue weighted by Crippen LogP contribution is -2.45. The number of allylic oxidation sites excluding steroid dienone is 1. The van der Waals surface area contributed by atoms with Gasteiger partial charge in [0.05, 0.1) is 25.4 Å². The lowest BCUT2D eigenvalue weighted by atomic mass is 10.0. The smallest absolute Gasteiger partial charge is 0.305 e. The molecule has 0 bridgehead atoms. The number of aliphatic hydroxyl groups is 2. The van der Waals surface area contributed by atoms with Gasteiger partial charge in [-0.15, -0.1) is 0 Å². The minimum Gasteiger partial charge on any atom is -0.466 e. The maximum absolute atomic E-state index is 12.5. The first-order valence-electron chi connectivity index (χ1n) is 31.5. The number of carbonyl (C=O) groups is 2. The summed E-state index contributed by atoms with van der Waals surface area (Å²) in [5.41, 5.74) is 0. The van der Waals surface area contributed by atoms with E-state index in [1.165, 1.54) is 289 Å². The van der Waals surface area contributed by atoms with Crippen LogP contribution in [0.15, 0.2) is 12.2 Å². The lowest BCUT2D eigenvalue weighted by Gasteiger charge is -2.20. The standard InChI is InChI=1S/C63H123NO5/c1-3-5-7-9-11-13-15-17-19-25-29-33-37-41-45-49-53-57-63(68)69-58-54-50-46-42-38-34-30-27-24-22-20-21-23-26-28-32-36-40-44-48-52-56-62(67)64-60(59-65)61(66)55-51-47-43-39-35-31-18-16-14-12-10-8-6-4-2/h51,55,60-61,65-66H,3-50,52-54,56-59H2,1-2H3,(H,64,67)/b55-51+. The molecule has 0 aromatic heterocycles. The van der Waals surface area contributed by atoms with Crippen molar-refractivity contribution in [3.05, 3.63) is 12.2 Å². The zero-order chi connectivity index (χ0) is 50.0. The topological polar surface area (TPSA) is 95.9 Å². The molecular formula is C63H123NO5. The second kappa shape index (κ2) is 59.2. The van der Waals surface area contributed by atoms with E-state index >= 15 is 0 Å². The molecule has 0 spiro atoms. The zero-order valence-electron chi connectivity index (χ0n) is 46.8. The SMILES string of the molecule is CCCCCCCCCCCCCC/C=C/C(O)C(CO)NC(=O)CCCCCCCCCCCCCCCCCCCCCCCOC(=O)CCCCCCCCCCCCCCCCCCC. The highest BCUT2D eigenvalue weighted by atomic mass is 16.5. The Labute approximate surface area is 431 Å². The van der Waals surface area contributed by atoms with Gasteiger partial charge >= 0.3 is 5.97 Å². The van der Waals surface area contributed by atoms with Crippen LogP contribution in [0.1, 0.15) is 354 Å². The van der Waals surface area contributed by atoms with Crippen LogP contribution in [-0.4, -0.2) is 47.4 Å². The maximum atomic E-state index is 12.5. The third kappa shape index (κ3) is 55.8. The normalized spacial score (nSPS) is 12.6. The number of aliphatic hydroxyl groups excluding tert-OH is 2. The first kappa shape index (κ1) is 67.6. The molecule has 0 aromatic rings. The van der Waals surface area contributed by atoms with E-state index in [1.807, 2.05) is 6.08 Å². The third-order valence-electron chi connectivity index (χ3n) is 14.8. The van der Waals surface area contributed by atoms with Crippen LogP contribution in [0.2, 0.25) is 0 Å². The molecule has 0 fully saturated rings. The van der Waals surface area contributed by atoms with Crippen LogP contribution in [0.25, 0.3) is 0 Å². The molecule has 6 heteroatoms. The summed E-state index contributed by atoms with van der Waals surface area (Å²) in [6.07, 6.45) is 71.1. The van der Waals surface area contributed by atoms with Crippen LogP contribution in [0.5, 0.6) is 0 Å². The Bertz CT molecular complexity index is 1030. The molecule has 0 radical (unpaired) electrons. The van der Waals surface area contributed by atoms with Gasteiger partial charge < -0.3 is 20.3 Å². The van der Waals surface area contributed by atoms with Crippen LogP contribution in [-0.2, 0) is 14.3 Å². The molecule has 2 atom stereocenters. The van der Waals surface area contributed by atoms with Crippen molar-refractivity contribution in [3.63, 3.8) is 0 Å².